The predicted molar refractivity (Wildman–Crippen MR) is 97.2 cm³/mol. The summed E-state index contributed by atoms with van der Waals surface area (Å²) in [5, 5.41) is 3.89. The number of amides is 1. The summed E-state index contributed by atoms with van der Waals surface area (Å²) in [6.07, 6.45) is 6.59. The van der Waals surface area contributed by atoms with E-state index in [0.29, 0.717) is 5.56 Å². The van der Waals surface area contributed by atoms with Crippen LogP contribution in [0.25, 0.3) is 22.0 Å². The number of pyridine rings is 1. The second-order valence-corrected chi connectivity index (χ2v) is 5.50. The molecular formula is C20H14N4O. The van der Waals surface area contributed by atoms with Crippen LogP contribution >= 0.6 is 0 Å². The van der Waals surface area contributed by atoms with Crippen molar-refractivity contribution in [2.45, 2.75) is 0 Å². The Labute approximate surface area is 144 Å². The molecule has 120 valence electrons. The normalized spacial score (nSPS) is 10.6. The molecule has 0 atom stereocenters. The summed E-state index contributed by atoms with van der Waals surface area (Å²) in [5.74, 6) is -0.184. The minimum Gasteiger partial charge on any atom is -0.321 e. The Balaban J connectivity index is 1.73. The molecule has 0 unspecified atom stereocenters. The molecule has 4 rings (SSSR count). The van der Waals surface area contributed by atoms with Gasteiger partial charge in [-0.05, 0) is 35.9 Å². The molecule has 2 heterocycles. The topological polar surface area (TPSA) is 67.8 Å². The number of fused-ring (bicyclic) bond motifs is 1. The van der Waals surface area contributed by atoms with Gasteiger partial charge in [0, 0.05) is 35.1 Å². The number of anilines is 1. The Kier molecular flexibility index (Phi) is 3.88. The standard InChI is InChI=1S/C20H14N4O/c25-20(24-19-9-3-8-18-17(19)7-4-10-23-18)16-6-2-1-5-15(16)14-11-21-13-22-12-14/h1-13H,(H,24,25). The number of hydrogen-bond donors (Lipinski definition) is 1. The molecule has 1 amide bonds. The third kappa shape index (κ3) is 2.95. The van der Waals surface area contributed by atoms with Gasteiger partial charge in [0.15, 0.2) is 0 Å². The second kappa shape index (κ2) is 6.49. The number of hydrogen-bond acceptors (Lipinski definition) is 4. The Bertz CT molecular complexity index is 1040. The number of carbonyl (C=O) groups is 1. The van der Waals surface area contributed by atoms with E-state index in [1.165, 1.54) is 6.33 Å². The predicted octanol–water partition coefficient (Wildman–Crippen LogP) is 3.94. The van der Waals surface area contributed by atoms with E-state index in [9.17, 15) is 4.79 Å². The highest BCUT2D eigenvalue weighted by molar-refractivity contribution is 6.11. The van der Waals surface area contributed by atoms with Crippen molar-refractivity contribution in [3.8, 4) is 11.1 Å². The first-order valence-corrected chi connectivity index (χ1v) is 7.82. The van der Waals surface area contributed by atoms with E-state index in [4.69, 9.17) is 0 Å². The Morgan fingerprint density at radius 3 is 2.60 bits per heavy atom. The lowest BCUT2D eigenvalue weighted by Gasteiger charge is -2.11. The van der Waals surface area contributed by atoms with E-state index < -0.39 is 0 Å². The molecule has 1 N–H and O–H groups in total. The van der Waals surface area contributed by atoms with Crippen molar-refractivity contribution in [2.24, 2.45) is 0 Å². The molecule has 25 heavy (non-hydrogen) atoms. The van der Waals surface area contributed by atoms with E-state index >= 15 is 0 Å². The molecule has 0 saturated heterocycles. The van der Waals surface area contributed by atoms with Gasteiger partial charge in [-0.2, -0.15) is 0 Å². The number of nitrogens with zero attached hydrogens (tertiary/aromatic N) is 3. The lowest BCUT2D eigenvalue weighted by atomic mass is 10.0. The minimum absolute atomic E-state index is 0.184. The van der Waals surface area contributed by atoms with E-state index in [2.05, 4.69) is 20.3 Å². The third-order valence-electron chi connectivity index (χ3n) is 3.94. The second-order valence-electron chi connectivity index (χ2n) is 5.50. The molecule has 0 bridgehead atoms. The van der Waals surface area contributed by atoms with Gasteiger partial charge in [-0.1, -0.05) is 24.3 Å². The van der Waals surface area contributed by atoms with Gasteiger partial charge in [0.1, 0.15) is 6.33 Å². The molecule has 0 aliphatic rings. The third-order valence-corrected chi connectivity index (χ3v) is 3.94. The van der Waals surface area contributed by atoms with Gasteiger partial charge < -0.3 is 5.32 Å². The molecule has 0 fully saturated rings. The summed E-state index contributed by atoms with van der Waals surface area (Å²) >= 11 is 0. The van der Waals surface area contributed by atoms with Gasteiger partial charge >= 0.3 is 0 Å². The van der Waals surface area contributed by atoms with Gasteiger partial charge in [0.2, 0.25) is 0 Å². The highest BCUT2D eigenvalue weighted by atomic mass is 16.1. The highest BCUT2D eigenvalue weighted by Crippen LogP contribution is 2.25. The molecular weight excluding hydrogens is 312 g/mol. The smallest absolute Gasteiger partial charge is 0.256 e. The van der Waals surface area contributed by atoms with Gasteiger partial charge in [-0.3, -0.25) is 9.78 Å². The van der Waals surface area contributed by atoms with Crippen LogP contribution in [0.4, 0.5) is 5.69 Å². The number of nitrogens with one attached hydrogen (secondary N) is 1. The molecule has 0 aliphatic heterocycles. The maximum absolute atomic E-state index is 12.9. The van der Waals surface area contributed by atoms with Crippen LogP contribution in [0.15, 0.2) is 79.5 Å². The highest BCUT2D eigenvalue weighted by Gasteiger charge is 2.14. The lowest BCUT2D eigenvalue weighted by Crippen LogP contribution is -2.13. The Morgan fingerprint density at radius 1 is 0.880 bits per heavy atom. The van der Waals surface area contributed by atoms with E-state index in [-0.39, 0.29) is 5.91 Å². The van der Waals surface area contributed by atoms with Crippen LogP contribution < -0.4 is 5.32 Å². The van der Waals surface area contributed by atoms with Crippen LogP contribution in [0.1, 0.15) is 10.4 Å². The lowest BCUT2D eigenvalue weighted by molar-refractivity contribution is 0.102. The zero-order chi connectivity index (χ0) is 17.1. The summed E-state index contributed by atoms with van der Waals surface area (Å²) in [6, 6.07) is 16.9. The number of carbonyl (C=O) groups excluding carboxylic acids is 1. The fourth-order valence-electron chi connectivity index (χ4n) is 2.77. The molecule has 0 radical (unpaired) electrons. The zero-order valence-electron chi connectivity index (χ0n) is 13.3. The largest absolute Gasteiger partial charge is 0.321 e. The van der Waals surface area contributed by atoms with Gasteiger partial charge in [0.25, 0.3) is 5.91 Å². The van der Waals surface area contributed by atoms with Crippen LogP contribution in [0.3, 0.4) is 0 Å². The first-order valence-electron chi connectivity index (χ1n) is 7.82. The fraction of sp³-hybridized carbons (Fsp3) is 0. The van der Waals surface area contributed by atoms with Crippen LogP contribution in [0.2, 0.25) is 0 Å². The summed E-state index contributed by atoms with van der Waals surface area (Å²) in [5.41, 5.74) is 3.73. The van der Waals surface area contributed by atoms with Crippen molar-refractivity contribution in [3.05, 3.63) is 85.1 Å². The van der Waals surface area contributed by atoms with Gasteiger partial charge in [0.05, 0.1) is 11.2 Å². The Morgan fingerprint density at radius 2 is 1.72 bits per heavy atom. The first-order chi connectivity index (χ1) is 12.3. The number of rotatable bonds is 3. The number of benzene rings is 2. The maximum atomic E-state index is 12.9. The van der Waals surface area contributed by atoms with Crippen LogP contribution in [-0.4, -0.2) is 20.9 Å². The van der Waals surface area contributed by atoms with Crippen molar-refractivity contribution < 1.29 is 4.79 Å². The minimum atomic E-state index is -0.184. The Hall–Kier alpha value is -3.60. The molecule has 4 aromatic rings. The SMILES string of the molecule is O=C(Nc1cccc2ncccc12)c1ccccc1-c1cncnc1. The van der Waals surface area contributed by atoms with Crippen molar-refractivity contribution in [1.29, 1.82) is 0 Å². The average molecular weight is 326 g/mol. The quantitative estimate of drug-likeness (QED) is 0.619. The fourth-order valence-corrected chi connectivity index (χ4v) is 2.77. The summed E-state index contributed by atoms with van der Waals surface area (Å²) in [6.45, 7) is 0. The molecule has 0 aliphatic carbocycles. The summed E-state index contributed by atoms with van der Waals surface area (Å²) < 4.78 is 0. The first kappa shape index (κ1) is 15.0. The van der Waals surface area contributed by atoms with E-state index in [1.807, 2.05) is 48.5 Å². The van der Waals surface area contributed by atoms with Crippen LogP contribution in [0.5, 0.6) is 0 Å². The summed E-state index contributed by atoms with van der Waals surface area (Å²) in [4.78, 5) is 25.3. The zero-order valence-corrected chi connectivity index (χ0v) is 13.3. The van der Waals surface area contributed by atoms with E-state index in [0.717, 1.165) is 27.7 Å². The molecule has 2 aromatic heterocycles. The average Bonchev–Trinajstić information content (AvgIpc) is 2.69. The van der Waals surface area contributed by atoms with Crippen molar-refractivity contribution in [1.82, 2.24) is 15.0 Å². The molecule has 0 spiro atoms. The van der Waals surface area contributed by atoms with Crippen LogP contribution in [0, 0.1) is 0 Å². The van der Waals surface area contributed by atoms with Crippen LogP contribution in [-0.2, 0) is 0 Å². The van der Waals surface area contributed by atoms with Crippen molar-refractivity contribution in [3.63, 3.8) is 0 Å². The molecule has 5 heteroatoms. The van der Waals surface area contributed by atoms with Crippen molar-refractivity contribution in [2.75, 3.05) is 5.32 Å². The van der Waals surface area contributed by atoms with E-state index in [1.54, 1.807) is 24.7 Å². The monoisotopic (exact) mass is 326 g/mol. The number of aromatic nitrogens is 3. The van der Waals surface area contributed by atoms with Gasteiger partial charge in [-0.25, -0.2) is 9.97 Å². The molecule has 2 aromatic carbocycles. The van der Waals surface area contributed by atoms with Crippen molar-refractivity contribution >= 4 is 22.5 Å². The molecule has 0 saturated carbocycles. The summed E-state index contributed by atoms with van der Waals surface area (Å²) in [7, 11) is 0. The van der Waals surface area contributed by atoms with Gasteiger partial charge in [-0.15, -0.1) is 0 Å². The molecule has 5 nitrogen and oxygen atoms in total. The maximum Gasteiger partial charge on any atom is 0.256 e.